The van der Waals surface area contributed by atoms with Crippen LogP contribution in [-0.2, 0) is 0 Å². The monoisotopic (exact) mass is 410 g/mol. The van der Waals surface area contributed by atoms with Crippen molar-refractivity contribution in [1.29, 1.82) is 0 Å². The van der Waals surface area contributed by atoms with Crippen LogP contribution >= 0.6 is 22.6 Å². The van der Waals surface area contributed by atoms with Crippen LogP contribution in [-0.4, -0.2) is 26.3 Å². The quantitative estimate of drug-likeness (QED) is 0.468. The standard InChI is InChI=1S/C16H15IN2O3/c1-21-14-8-7-11(9-15(14)22-2)10-18-19-16(20)12-5-3-4-6-13(12)17/h3-10H,1-2H3,(H,19,20)/b18-10+. The molecule has 114 valence electrons. The summed E-state index contributed by atoms with van der Waals surface area (Å²) in [5.41, 5.74) is 3.89. The van der Waals surface area contributed by atoms with Gasteiger partial charge in [-0.15, -0.1) is 0 Å². The van der Waals surface area contributed by atoms with Crippen molar-refractivity contribution in [3.63, 3.8) is 0 Å². The molecule has 0 fully saturated rings. The molecule has 5 nitrogen and oxygen atoms in total. The summed E-state index contributed by atoms with van der Waals surface area (Å²) in [7, 11) is 3.14. The highest BCUT2D eigenvalue weighted by atomic mass is 127. The van der Waals surface area contributed by atoms with Crippen LogP contribution in [0.3, 0.4) is 0 Å². The summed E-state index contributed by atoms with van der Waals surface area (Å²) in [6.07, 6.45) is 1.55. The molecule has 2 aromatic carbocycles. The molecule has 0 unspecified atom stereocenters. The minimum atomic E-state index is -0.248. The number of hydrogen-bond donors (Lipinski definition) is 1. The number of hydrogen-bond acceptors (Lipinski definition) is 4. The zero-order chi connectivity index (χ0) is 15.9. The lowest BCUT2D eigenvalue weighted by Crippen LogP contribution is -2.18. The van der Waals surface area contributed by atoms with E-state index in [1.165, 1.54) is 0 Å². The molecule has 0 radical (unpaired) electrons. The van der Waals surface area contributed by atoms with Gasteiger partial charge in [0.25, 0.3) is 5.91 Å². The highest BCUT2D eigenvalue weighted by molar-refractivity contribution is 14.1. The summed E-state index contributed by atoms with van der Waals surface area (Å²) in [6.45, 7) is 0. The third kappa shape index (κ3) is 3.97. The van der Waals surface area contributed by atoms with Gasteiger partial charge in [0.15, 0.2) is 11.5 Å². The fourth-order valence-corrected chi connectivity index (χ4v) is 2.44. The molecule has 0 saturated heterocycles. The van der Waals surface area contributed by atoms with E-state index >= 15 is 0 Å². The molecule has 0 aromatic heterocycles. The van der Waals surface area contributed by atoms with Crippen LogP contribution in [0.1, 0.15) is 15.9 Å². The number of rotatable bonds is 5. The molecule has 0 heterocycles. The Bertz CT molecular complexity index is 702. The number of hydrazone groups is 1. The summed E-state index contributed by atoms with van der Waals surface area (Å²) < 4.78 is 11.3. The molecule has 0 saturated carbocycles. The maximum absolute atomic E-state index is 12.0. The zero-order valence-electron chi connectivity index (χ0n) is 12.2. The van der Waals surface area contributed by atoms with Crippen molar-refractivity contribution in [2.45, 2.75) is 0 Å². The Hall–Kier alpha value is -2.09. The van der Waals surface area contributed by atoms with Gasteiger partial charge in [0.05, 0.1) is 26.0 Å². The lowest BCUT2D eigenvalue weighted by atomic mass is 10.2. The molecule has 1 amide bonds. The van der Waals surface area contributed by atoms with Crippen LogP contribution < -0.4 is 14.9 Å². The minimum absolute atomic E-state index is 0.248. The first-order valence-electron chi connectivity index (χ1n) is 6.45. The maximum Gasteiger partial charge on any atom is 0.272 e. The van der Waals surface area contributed by atoms with E-state index in [0.717, 1.165) is 9.13 Å². The van der Waals surface area contributed by atoms with E-state index in [1.54, 1.807) is 38.6 Å². The minimum Gasteiger partial charge on any atom is -0.493 e. The number of amides is 1. The van der Waals surface area contributed by atoms with Gasteiger partial charge in [-0.25, -0.2) is 5.43 Å². The number of carbonyl (C=O) groups is 1. The van der Waals surface area contributed by atoms with E-state index in [0.29, 0.717) is 17.1 Å². The highest BCUT2D eigenvalue weighted by Crippen LogP contribution is 2.26. The normalized spacial score (nSPS) is 10.5. The van der Waals surface area contributed by atoms with Crippen LogP contribution in [0.25, 0.3) is 0 Å². The van der Waals surface area contributed by atoms with Gasteiger partial charge in [0.2, 0.25) is 0 Å². The molecule has 0 bridgehead atoms. The summed E-state index contributed by atoms with van der Waals surface area (Å²) in [5.74, 6) is 1.000. The average Bonchev–Trinajstić information content (AvgIpc) is 2.55. The number of ether oxygens (including phenoxy) is 2. The average molecular weight is 410 g/mol. The van der Waals surface area contributed by atoms with E-state index in [9.17, 15) is 4.79 Å². The zero-order valence-corrected chi connectivity index (χ0v) is 14.3. The van der Waals surface area contributed by atoms with Gasteiger partial charge in [0, 0.05) is 3.57 Å². The summed E-state index contributed by atoms with van der Waals surface area (Å²) >= 11 is 2.11. The van der Waals surface area contributed by atoms with E-state index in [2.05, 4.69) is 33.1 Å². The fraction of sp³-hybridized carbons (Fsp3) is 0.125. The summed E-state index contributed by atoms with van der Waals surface area (Å²) in [6, 6.07) is 12.7. The molecule has 0 aliphatic heterocycles. The third-order valence-electron chi connectivity index (χ3n) is 2.91. The van der Waals surface area contributed by atoms with Gasteiger partial charge < -0.3 is 9.47 Å². The maximum atomic E-state index is 12.0. The lowest BCUT2D eigenvalue weighted by Gasteiger charge is -2.07. The molecule has 22 heavy (non-hydrogen) atoms. The molecule has 0 atom stereocenters. The number of methoxy groups -OCH3 is 2. The molecule has 0 aliphatic carbocycles. The number of benzene rings is 2. The van der Waals surface area contributed by atoms with Gasteiger partial charge in [-0.1, -0.05) is 12.1 Å². The van der Waals surface area contributed by atoms with Crippen LogP contribution in [0.4, 0.5) is 0 Å². The highest BCUT2D eigenvalue weighted by Gasteiger charge is 2.07. The fourth-order valence-electron chi connectivity index (χ4n) is 1.80. The van der Waals surface area contributed by atoms with E-state index in [1.807, 2.05) is 24.3 Å². The Kier molecular flexibility index (Phi) is 5.76. The van der Waals surface area contributed by atoms with Crippen molar-refractivity contribution >= 4 is 34.7 Å². The molecule has 0 aliphatic rings. The molecular formula is C16H15IN2O3. The van der Waals surface area contributed by atoms with E-state index in [-0.39, 0.29) is 5.91 Å². The third-order valence-corrected chi connectivity index (χ3v) is 3.85. The summed E-state index contributed by atoms with van der Waals surface area (Å²) in [4.78, 5) is 12.0. The first kappa shape index (κ1) is 16.3. The predicted molar refractivity (Wildman–Crippen MR) is 93.8 cm³/mol. The molecule has 2 aromatic rings. The SMILES string of the molecule is COc1ccc(/C=N/NC(=O)c2ccccc2I)cc1OC. The van der Waals surface area contributed by atoms with Crippen LogP contribution in [0.15, 0.2) is 47.6 Å². The van der Waals surface area contributed by atoms with Crippen molar-refractivity contribution in [2.75, 3.05) is 14.2 Å². The summed E-state index contributed by atoms with van der Waals surface area (Å²) in [5, 5.41) is 3.97. The number of nitrogens with zero attached hydrogens (tertiary/aromatic N) is 1. The molecular weight excluding hydrogens is 395 g/mol. The molecule has 6 heteroatoms. The number of halogens is 1. The van der Waals surface area contributed by atoms with Crippen LogP contribution in [0.5, 0.6) is 11.5 Å². The van der Waals surface area contributed by atoms with E-state index < -0.39 is 0 Å². The van der Waals surface area contributed by atoms with Crippen LogP contribution in [0, 0.1) is 3.57 Å². The lowest BCUT2D eigenvalue weighted by molar-refractivity contribution is 0.0954. The Morgan fingerprint density at radius 2 is 1.86 bits per heavy atom. The second kappa shape index (κ2) is 7.79. The van der Waals surface area contributed by atoms with Crippen molar-refractivity contribution in [1.82, 2.24) is 5.43 Å². The molecule has 1 N–H and O–H groups in total. The molecule has 2 rings (SSSR count). The Balaban J connectivity index is 2.07. The van der Waals surface area contributed by atoms with Crippen molar-refractivity contribution in [3.05, 3.63) is 57.2 Å². The largest absolute Gasteiger partial charge is 0.493 e. The molecule has 0 spiro atoms. The second-order valence-electron chi connectivity index (χ2n) is 4.29. The van der Waals surface area contributed by atoms with Gasteiger partial charge >= 0.3 is 0 Å². The van der Waals surface area contributed by atoms with E-state index in [4.69, 9.17) is 9.47 Å². The first-order chi connectivity index (χ1) is 10.7. The smallest absolute Gasteiger partial charge is 0.272 e. The van der Waals surface area contributed by atoms with Gasteiger partial charge in [-0.3, -0.25) is 4.79 Å². The Morgan fingerprint density at radius 3 is 2.55 bits per heavy atom. The van der Waals surface area contributed by atoms with Gasteiger partial charge in [-0.05, 0) is 58.5 Å². The van der Waals surface area contributed by atoms with Crippen LogP contribution in [0.2, 0.25) is 0 Å². The predicted octanol–water partition coefficient (Wildman–Crippen LogP) is 3.07. The van der Waals surface area contributed by atoms with Gasteiger partial charge in [-0.2, -0.15) is 5.10 Å². The van der Waals surface area contributed by atoms with Crippen molar-refractivity contribution in [2.24, 2.45) is 5.10 Å². The second-order valence-corrected chi connectivity index (χ2v) is 5.46. The topological polar surface area (TPSA) is 59.9 Å². The van der Waals surface area contributed by atoms with Crippen molar-refractivity contribution < 1.29 is 14.3 Å². The first-order valence-corrected chi connectivity index (χ1v) is 7.53. The van der Waals surface area contributed by atoms with Crippen molar-refractivity contribution in [3.8, 4) is 11.5 Å². The Morgan fingerprint density at radius 1 is 1.14 bits per heavy atom. The van der Waals surface area contributed by atoms with Gasteiger partial charge in [0.1, 0.15) is 0 Å². The number of carbonyl (C=O) groups excluding carboxylic acids is 1. The Labute approximate surface area is 142 Å². The number of nitrogens with one attached hydrogen (secondary N) is 1.